The molecule has 3 aliphatic carbocycles. The third-order valence-corrected chi connectivity index (χ3v) is 10.6. The SMILES string of the molecule is C[C@H](O)[C@@H]1[C@H](CO)ON(Cc2cccc(N3CCN(C(=O)N(C)C)CC3)c2)[C@@H]1C(=O)NC1C[C@H]2C[C@@H]([C@@H]1C)C2(C)C. The number of piperazine rings is 1. The molecule has 3 N–H and O–H groups in total. The van der Waals surface area contributed by atoms with E-state index in [9.17, 15) is 19.8 Å². The minimum absolute atomic E-state index is 0.0309. The molecule has 5 aliphatic rings. The molecule has 2 saturated heterocycles. The molecule has 3 amide bonds. The summed E-state index contributed by atoms with van der Waals surface area (Å²) in [7, 11) is 3.54. The van der Waals surface area contributed by atoms with Gasteiger partial charge in [-0.15, -0.1) is 0 Å². The lowest BCUT2D eigenvalue weighted by Crippen LogP contribution is -2.62. The number of aliphatic hydroxyl groups excluding tert-OH is 2. The highest BCUT2D eigenvalue weighted by atomic mass is 16.7. The summed E-state index contributed by atoms with van der Waals surface area (Å²) in [4.78, 5) is 38.1. The van der Waals surface area contributed by atoms with Crippen LogP contribution >= 0.6 is 0 Å². The molecule has 3 saturated carbocycles. The number of nitrogens with one attached hydrogen (secondary N) is 1. The Morgan fingerprint density at radius 3 is 2.46 bits per heavy atom. The summed E-state index contributed by atoms with van der Waals surface area (Å²) in [6.45, 7) is 11.5. The smallest absolute Gasteiger partial charge is 0.319 e. The number of fused-ring (bicyclic) bond motifs is 2. The zero-order valence-corrected chi connectivity index (χ0v) is 25.5. The molecule has 0 aromatic heterocycles. The van der Waals surface area contributed by atoms with Gasteiger partial charge in [0.25, 0.3) is 0 Å². The quantitative estimate of drug-likeness (QED) is 0.460. The average molecular weight is 572 g/mol. The maximum absolute atomic E-state index is 13.9. The fraction of sp³-hybridized carbons (Fsp3) is 0.742. The van der Waals surface area contributed by atoms with Crippen LogP contribution in [0.15, 0.2) is 24.3 Å². The molecule has 2 bridgehead atoms. The number of hydrogen-bond acceptors (Lipinski definition) is 7. The van der Waals surface area contributed by atoms with Crippen LogP contribution in [0, 0.1) is 29.1 Å². The Bertz CT molecular complexity index is 1100. The number of carbonyl (C=O) groups is 2. The van der Waals surface area contributed by atoms with Gasteiger partial charge in [0.05, 0.1) is 19.3 Å². The number of anilines is 1. The van der Waals surface area contributed by atoms with Gasteiger partial charge in [-0.25, -0.2) is 4.79 Å². The van der Waals surface area contributed by atoms with Crippen LogP contribution in [0.5, 0.6) is 0 Å². The molecule has 8 atom stereocenters. The number of aliphatic hydroxyl groups is 2. The summed E-state index contributed by atoms with van der Waals surface area (Å²) in [5.74, 6) is 0.925. The Morgan fingerprint density at radius 2 is 1.88 bits per heavy atom. The molecule has 2 heterocycles. The van der Waals surface area contributed by atoms with Crippen molar-refractivity contribution in [3.05, 3.63) is 29.8 Å². The van der Waals surface area contributed by atoms with E-state index in [1.54, 1.807) is 31.0 Å². The van der Waals surface area contributed by atoms with Gasteiger partial charge in [-0.3, -0.25) is 9.63 Å². The van der Waals surface area contributed by atoms with Crippen LogP contribution in [-0.4, -0.2) is 108 Å². The van der Waals surface area contributed by atoms with Crippen LogP contribution in [0.25, 0.3) is 0 Å². The number of rotatable bonds is 7. The fourth-order valence-electron chi connectivity index (χ4n) is 7.95. The third-order valence-electron chi connectivity index (χ3n) is 10.6. The third kappa shape index (κ3) is 5.68. The van der Waals surface area contributed by atoms with Crippen molar-refractivity contribution < 1.29 is 24.6 Å². The van der Waals surface area contributed by atoms with Crippen molar-refractivity contribution in [3.8, 4) is 0 Å². The highest BCUT2D eigenvalue weighted by Gasteiger charge is 2.57. The number of nitrogens with zero attached hydrogens (tertiary/aromatic N) is 4. The monoisotopic (exact) mass is 571 g/mol. The first-order valence-electron chi connectivity index (χ1n) is 15.2. The fourth-order valence-corrected chi connectivity index (χ4v) is 7.95. The zero-order valence-electron chi connectivity index (χ0n) is 25.5. The number of hydrogen-bond donors (Lipinski definition) is 3. The molecule has 2 aliphatic heterocycles. The van der Waals surface area contributed by atoms with Gasteiger partial charge < -0.3 is 30.2 Å². The molecule has 10 nitrogen and oxygen atoms in total. The van der Waals surface area contributed by atoms with Crippen molar-refractivity contribution in [1.29, 1.82) is 0 Å². The summed E-state index contributed by atoms with van der Waals surface area (Å²) in [6, 6.07) is 7.60. The van der Waals surface area contributed by atoms with Gasteiger partial charge in [-0.2, -0.15) is 5.06 Å². The summed E-state index contributed by atoms with van der Waals surface area (Å²) < 4.78 is 0. The molecule has 0 spiro atoms. The van der Waals surface area contributed by atoms with E-state index in [2.05, 4.69) is 43.1 Å². The van der Waals surface area contributed by atoms with Crippen LogP contribution in [-0.2, 0) is 16.2 Å². The van der Waals surface area contributed by atoms with E-state index in [-0.39, 0.29) is 24.6 Å². The van der Waals surface area contributed by atoms with Crippen molar-refractivity contribution in [2.24, 2.45) is 29.1 Å². The molecule has 5 fully saturated rings. The maximum atomic E-state index is 13.9. The first kappa shape index (κ1) is 30.1. The van der Waals surface area contributed by atoms with Crippen LogP contribution in [0.4, 0.5) is 10.5 Å². The van der Waals surface area contributed by atoms with E-state index >= 15 is 0 Å². The van der Waals surface area contributed by atoms with Crippen molar-refractivity contribution in [2.75, 3.05) is 51.8 Å². The number of hydroxylamine groups is 2. The molecule has 6 rings (SSSR count). The van der Waals surface area contributed by atoms with E-state index in [4.69, 9.17) is 4.84 Å². The van der Waals surface area contributed by atoms with Crippen LogP contribution in [0.1, 0.15) is 46.1 Å². The van der Waals surface area contributed by atoms with E-state index in [0.717, 1.165) is 30.8 Å². The minimum atomic E-state index is -0.823. The van der Waals surface area contributed by atoms with Crippen LogP contribution < -0.4 is 10.2 Å². The molecule has 1 aromatic carbocycles. The van der Waals surface area contributed by atoms with Gasteiger partial charge in [0, 0.05) is 57.9 Å². The van der Waals surface area contributed by atoms with Crippen molar-refractivity contribution in [3.63, 3.8) is 0 Å². The number of benzene rings is 1. The lowest BCUT2D eigenvalue weighted by atomic mass is 9.45. The van der Waals surface area contributed by atoms with Gasteiger partial charge >= 0.3 is 6.03 Å². The van der Waals surface area contributed by atoms with Gasteiger partial charge in [0.2, 0.25) is 5.91 Å². The Morgan fingerprint density at radius 1 is 1.17 bits per heavy atom. The van der Waals surface area contributed by atoms with Crippen molar-refractivity contribution in [2.45, 2.75) is 71.4 Å². The zero-order chi connectivity index (χ0) is 29.6. The van der Waals surface area contributed by atoms with Gasteiger partial charge in [0.1, 0.15) is 12.1 Å². The van der Waals surface area contributed by atoms with E-state index in [1.165, 1.54) is 6.42 Å². The molecule has 1 aromatic rings. The normalized spacial score (nSPS) is 33.7. The summed E-state index contributed by atoms with van der Waals surface area (Å²) in [5, 5.41) is 25.8. The molecule has 10 heteroatoms. The molecular weight excluding hydrogens is 522 g/mol. The maximum Gasteiger partial charge on any atom is 0.319 e. The van der Waals surface area contributed by atoms with Crippen molar-refractivity contribution >= 4 is 17.6 Å². The van der Waals surface area contributed by atoms with E-state index < -0.39 is 24.2 Å². The van der Waals surface area contributed by atoms with Crippen LogP contribution in [0.3, 0.4) is 0 Å². The summed E-state index contributed by atoms with van der Waals surface area (Å²) in [6.07, 6.45) is 0.727. The lowest BCUT2D eigenvalue weighted by Gasteiger charge is -2.62. The summed E-state index contributed by atoms with van der Waals surface area (Å²) >= 11 is 0. The van der Waals surface area contributed by atoms with Crippen LogP contribution in [0.2, 0.25) is 0 Å². The largest absolute Gasteiger partial charge is 0.394 e. The average Bonchev–Trinajstić information content (AvgIpc) is 3.32. The minimum Gasteiger partial charge on any atom is -0.394 e. The Hall–Kier alpha value is -2.40. The predicted molar refractivity (Wildman–Crippen MR) is 157 cm³/mol. The van der Waals surface area contributed by atoms with E-state index in [1.807, 2.05) is 17.0 Å². The second kappa shape index (κ2) is 11.7. The highest BCUT2D eigenvalue weighted by molar-refractivity contribution is 5.83. The Labute approximate surface area is 244 Å². The first-order valence-corrected chi connectivity index (χ1v) is 15.2. The topological polar surface area (TPSA) is 109 Å². The molecule has 228 valence electrons. The number of amides is 3. The summed E-state index contributed by atoms with van der Waals surface area (Å²) in [5.41, 5.74) is 2.36. The molecule has 1 unspecified atom stereocenters. The molecule has 41 heavy (non-hydrogen) atoms. The Balaban J connectivity index is 1.29. The standard InChI is InChI=1S/C31H49N5O5/c1-19-24-15-22(31(24,3)4)16-25(19)32-29(39)28-27(20(2)38)26(18-37)41-36(28)17-21-8-7-9-23(14-21)34-10-12-35(13-11-34)30(40)33(5)6/h7-9,14,19-20,22,24-28,37-38H,10-13,15-18H2,1-6H3,(H,32,39)/t19-,20-,22+,24-,25?,26-,27+,28-/m0/s1. The number of carbonyl (C=O) groups excluding carboxylic acids is 2. The van der Waals surface area contributed by atoms with Gasteiger partial charge in [-0.1, -0.05) is 32.9 Å². The van der Waals surface area contributed by atoms with Gasteiger partial charge in [-0.05, 0) is 60.6 Å². The lowest BCUT2D eigenvalue weighted by molar-refractivity contribution is -0.183. The van der Waals surface area contributed by atoms with Crippen molar-refractivity contribution in [1.82, 2.24) is 20.2 Å². The Kier molecular flexibility index (Phi) is 8.58. The second-order valence-electron chi connectivity index (χ2n) is 13.6. The molecule has 0 radical (unpaired) electrons. The molecular formula is C31H49N5O5. The van der Waals surface area contributed by atoms with E-state index in [0.29, 0.717) is 42.8 Å². The second-order valence-corrected chi connectivity index (χ2v) is 13.6. The van der Waals surface area contributed by atoms with Gasteiger partial charge in [0.15, 0.2) is 0 Å². The number of urea groups is 1. The predicted octanol–water partition coefficient (Wildman–Crippen LogP) is 2.15. The highest BCUT2D eigenvalue weighted by Crippen LogP contribution is 2.61. The first-order chi connectivity index (χ1) is 19.4.